The average Bonchev–Trinajstić information content (AvgIpc) is 3.06. The summed E-state index contributed by atoms with van der Waals surface area (Å²) in [6, 6.07) is 2.31. The molecular weight excluding hydrogens is 289 g/mol. The van der Waals surface area contributed by atoms with E-state index in [9.17, 15) is 13.2 Å². The number of halogens is 4. The summed E-state index contributed by atoms with van der Waals surface area (Å²) < 4.78 is 38.2. The van der Waals surface area contributed by atoms with E-state index in [1.165, 1.54) is 6.07 Å². The largest absolute Gasteiger partial charge is 0.433 e. The Labute approximate surface area is 121 Å². The van der Waals surface area contributed by atoms with Crippen LogP contribution in [0.25, 0.3) is 5.03 Å². The molecule has 1 aromatic heterocycles. The van der Waals surface area contributed by atoms with Crippen LogP contribution in [0.15, 0.2) is 18.7 Å². The van der Waals surface area contributed by atoms with Gasteiger partial charge >= 0.3 is 6.18 Å². The molecular formula is C14H16ClF3N2. The van der Waals surface area contributed by atoms with Crippen molar-refractivity contribution in [3.63, 3.8) is 0 Å². The highest BCUT2D eigenvalue weighted by atomic mass is 35.5. The van der Waals surface area contributed by atoms with Crippen LogP contribution in [0.2, 0.25) is 0 Å². The Balaban J connectivity index is 2.22. The smallest absolute Gasteiger partial charge is 0.319 e. The fourth-order valence-corrected chi connectivity index (χ4v) is 2.55. The van der Waals surface area contributed by atoms with E-state index in [2.05, 4.69) is 16.9 Å². The van der Waals surface area contributed by atoms with Gasteiger partial charge in [0, 0.05) is 10.6 Å². The SMILES string of the molecule is C=C(Cl)c1ccc(C(F)(F)F)nc1CC1CC1CNC. The van der Waals surface area contributed by atoms with Crippen LogP contribution < -0.4 is 5.32 Å². The van der Waals surface area contributed by atoms with Gasteiger partial charge in [0.15, 0.2) is 0 Å². The maximum atomic E-state index is 12.7. The van der Waals surface area contributed by atoms with E-state index in [1.807, 2.05) is 7.05 Å². The van der Waals surface area contributed by atoms with Crippen molar-refractivity contribution in [1.29, 1.82) is 0 Å². The summed E-state index contributed by atoms with van der Waals surface area (Å²) in [5.74, 6) is 0.876. The van der Waals surface area contributed by atoms with Crippen molar-refractivity contribution in [3.05, 3.63) is 35.7 Å². The number of pyridine rings is 1. The molecule has 2 unspecified atom stereocenters. The summed E-state index contributed by atoms with van der Waals surface area (Å²) in [5, 5.41) is 3.30. The van der Waals surface area contributed by atoms with Gasteiger partial charge in [-0.1, -0.05) is 18.2 Å². The van der Waals surface area contributed by atoms with Gasteiger partial charge in [0.2, 0.25) is 0 Å². The minimum absolute atomic E-state index is 0.229. The van der Waals surface area contributed by atoms with Gasteiger partial charge in [-0.15, -0.1) is 0 Å². The lowest BCUT2D eigenvalue weighted by molar-refractivity contribution is -0.141. The average molecular weight is 305 g/mol. The predicted molar refractivity (Wildman–Crippen MR) is 73.4 cm³/mol. The highest BCUT2D eigenvalue weighted by molar-refractivity contribution is 6.48. The molecule has 2 rings (SSSR count). The second kappa shape index (κ2) is 5.74. The van der Waals surface area contributed by atoms with E-state index in [0.29, 0.717) is 29.5 Å². The number of hydrogen-bond donors (Lipinski definition) is 1. The molecule has 1 aliphatic rings. The van der Waals surface area contributed by atoms with E-state index in [-0.39, 0.29) is 5.03 Å². The molecule has 1 aromatic rings. The molecule has 110 valence electrons. The third kappa shape index (κ3) is 3.52. The Morgan fingerprint density at radius 2 is 2.15 bits per heavy atom. The monoisotopic (exact) mass is 304 g/mol. The van der Waals surface area contributed by atoms with Gasteiger partial charge in [0.25, 0.3) is 0 Å². The zero-order chi connectivity index (χ0) is 14.9. The summed E-state index contributed by atoms with van der Waals surface area (Å²) in [7, 11) is 1.87. The van der Waals surface area contributed by atoms with E-state index in [0.717, 1.165) is 19.0 Å². The predicted octanol–water partition coefficient (Wildman–Crippen LogP) is 3.71. The van der Waals surface area contributed by atoms with Crippen molar-refractivity contribution in [2.24, 2.45) is 11.8 Å². The van der Waals surface area contributed by atoms with Crippen molar-refractivity contribution >= 4 is 16.6 Å². The van der Waals surface area contributed by atoms with Crippen molar-refractivity contribution in [3.8, 4) is 0 Å². The molecule has 2 nitrogen and oxygen atoms in total. The number of alkyl halides is 3. The van der Waals surface area contributed by atoms with Gasteiger partial charge < -0.3 is 5.32 Å². The fourth-order valence-electron chi connectivity index (χ4n) is 2.38. The van der Waals surface area contributed by atoms with E-state index < -0.39 is 11.9 Å². The minimum atomic E-state index is -4.44. The van der Waals surface area contributed by atoms with Crippen LogP contribution in [0.5, 0.6) is 0 Å². The number of aromatic nitrogens is 1. The molecule has 1 heterocycles. The third-order valence-corrected chi connectivity index (χ3v) is 3.75. The normalized spacial score (nSPS) is 21.9. The van der Waals surface area contributed by atoms with Crippen LogP contribution in [0.1, 0.15) is 23.4 Å². The van der Waals surface area contributed by atoms with Crippen LogP contribution in [-0.4, -0.2) is 18.6 Å². The Hall–Kier alpha value is -1.07. The summed E-state index contributed by atoms with van der Waals surface area (Å²) in [6.45, 7) is 4.47. The molecule has 6 heteroatoms. The Morgan fingerprint density at radius 3 is 2.70 bits per heavy atom. The van der Waals surface area contributed by atoms with E-state index in [1.54, 1.807) is 0 Å². The second-order valence-corrected chi connectivity index (χ2v) is 5.57. The lowest BCUT2D eigenvalue weighted by Crippen LogP contribution is -2.13. The first-order valence-electron chi connectivity index (χ1n) is 6.39. The number of nitrogens with one attached hydrogen (secondary N) is 1. The maximum Gasteiger partial charge on any atom is 0.433 e. The van der Waals surface area contributed by atoms with Gasteiger partial charge in [0.05, 0.1) is 5.69 Å². The van der Waals surface area contributed by atoms with Gasteiger partial charge in [-0.05, 0) is 50.4 Å². The zero-order valence-electron chi connectivity index (χ0n) is 11.1. The Morgan fingerprint density at radius 1 is 1.45 bits per heavy atom. The molecule has 0 saturated heterocycles. The number of rotatable bonds is 5. The van der Waals surface area contributed by atoms with Crippen LogP contribution in [0.3, 0.4) is 0 Å². The molecule has 0 aromatic carbocycles. The molecule has 0 aliphatic heterocycles. The van der Waals surface area contributed by atoms with Gasteiger partial charge in [-0.3, -0.25) is 0 Å². The molecule has 0 bridgehead atoms. The number of hydrogen-bond acceptors (Lipinski definition) is 2. The fraction of sp³-hybridized carbons (Fsp3) is 0.500. The van der Waals surface area contributed by atoms with Crippen molar-refractivity contribution in [2.75, 3.05) is 13.6 Å². The summed E-state index contributed by atoms with van der Waals surface area (Å²) in [5.41, 5.74) is 0.0261. The standard InChI is InChI=1S/C14H16ClF3N2/c1-8(15)11-3-4-13(14(16,17)18)20-12(11)6-9-5-10(9)7-19-2/h3-4,9-10,19H,1,5-7H2,2H3. The van der Waals surface area contributed by atoms with Crippen molar-refractivity contribution < 1.29 is 13.2 Å². The molecule has 1 saturated carbocycles. The first-order chi connectivity index (χ1) is 9.32. The topological polar surface area (TPSA) is 24.9 Å². The third-order valence-electron chi connectivity index (χ3n) is 3.55. The van der Waals surface area contributed by atoms with E-state index in [4.69, 9.17) is 11.6 Å². The summed E-state index contributed by atoms with van der Waals surface area (Å²) >= 11 is 5.85. The summed E-state index contributed by atoms with van der Waals surface area (Å²) in [6.07, 6.45) is -2.92. The van der Waals surface area contributed by atoms with Gasteiger partial charge in [-0.2, -0.15) is 13.2 Å². The van der Waals surface area contributed by atoms with Crippen LogP contribution in [0, 0.1) is 11.8 Å². The first kappa shape index (κ1) is 15.3. The number of nitrogens with zero attached hydrogens (tertiary/aromatic N) is 1. The molecule has 0 amide bonds. The highest BCUT2D eigenvalue weighted by Gasteiger charge is 2.38. The van der Waals surface area contributed by atoms with Crippen LogP contribution in [-0.2, 0) is 12.6 Å². The van der Waals surface area contributed by atoms with Crippen LogP contribution in [0.4, 0.5) is 13.2 Å². The Kier molecular flexibility index (Phi) is 4.39. The minimum Gasteiger partial charge on any atom is -0.319 e. The van der Waals surface area contributed by atoms with E-state index >= 15 is 0 Å². The summed E-state index contributed by atoms with van der Waals surface area (Å²) in [4.78, 5) is 3.75. The molecule has 20 heavy (non-hydrogen) atoms. The van der Waals surface area contributed by atoms with Gasteiger partial charge in [0.1, 0.15) is 5.69 Å². The van der Waals surface area contributed by atoms with Crippen molar-refractivity contribution in [1.82, 2.24) is 10.3 Å². The molecule has 1 N–H and O–H groups in total. The first-order valence-corrected chi connectivity index (χ1v) is 6.77. The molecule has 1 fully saturated rings. The molecule has 1 aliphatic carbocycles. The van der Waals surface area contributed by atoms with Gasteiger partial charge in [-0.25, -0.2) is 4.98 Å². The maximum absolute atomic E-state index is 12.7. The lowest BCUT2D eigenvalue weighted by Gasteiger charge is -2.12. The quantitative estimate of drug-likeness (QED) is 0.897. The molecule has 0 radical (unpaired) electrons. The zero-order valence-corrected chi connectivity index (χ0v) is 11.9. The molecule has 0 spiro atoms. The molecule has 2 atom stereocenters. The van der Waals surface area contributed by atoms with Crippen molar-refractivity contribution in [2.45, 2.75) is 19.0 Å². The Bertz CT molecular complexity index is 514. The second-order valence-electron chi connectivity index (χ2n) is 5.11. The van der Waals surface area contributed by atoms with Crippen LogP contribution >= 0.6 is 11.6 Å². The lowest BCUT2D eigenvalue weighted by atomic mass is 10.1. The highest BCUT2D eigenvalue weighted by Crippen LogP contribution is 2.41.